The van der Waals surface area contributed by atoms with E-state index in [1.54, 1.807) is 13.1 Å². The number of likely N-dealkylation sites (tertiary alicyclic amines) is 1. The predicted molar refractivity (Wildman–Crippen MR) is 189 cm³/mol. The van der Waals surface area contributed by atoms with E-state index in [9.17, 15) is 14.7 Å². The molecule has 3 aliphatic heterocycles. The number of carbonyl (C=O) groups is 2. The maximum absolute atomic E-state index is 13.8. The maximum atomic E-state index is 13.8. The average Bonchev–Trinajstić information content (AvgIpc) is 3.23. The number of allylic oxidation sites excluding steroid dienone is 3. The van der Waals surface area contributed by atoms with E-state index in [2.05, 4.69) is 22.9 Å². The molecule has 0 spiro atoms. The van der Waals surface area contributed by atoms with Gasteiger partial charge in [-0.2, -0.15) is 0 Å². The van der Waals surface area contributed by atoms with Crippen LogP contribution in [-0.4, -0.2) is 81.0 Å². The molecule has 1 aromatic rings. The zero-order chi connectivity index (χ0) is 34.3. The van der Waals surface area contributed by atoms with E-state index in [0.717, 1.165) is 24.1 Å². The van der Waals surface area contributed by atoms with Crippen LogP contribution in [0.2, 0.25) is 0 Å². The van der Waals surface area contributed by atoms with Gasteiger partial charge in [0.1, 0.15) is 11.7 Å². The fourth-order valence-electron chi connectivity index (χ4n) is 8.26. The Balaban J connectivity index is 1.29. The second-order valence-electron chi connectivity index (χ2n) is 15.4. The van der Waals surface area contributed by atoms with Crippen molar-refractivity contribution < 1.29 is 24.2 Å². The molecule has 1 saturated carbocycles. The van der Waals surface area contributed by atoms with Crippen molar-refractivity contribution in [3.63, 3.8) is 0 Å². The molecule has 0 aromatic carbocycles. The van der Waals surface area contributed by atoms with E-state index in [0.29, 0.717) is 44.1 Å². The molecular formula is C40H59N3O5. The first kappa shape index (κ1) is 36.3. The zero-order valence-corrected chi connectivity index (χ0v) is 29.9. The molecule has 5 rings (SSSR count). The normalized spacial score (nSPS) is 34.5. The van der Waals surface area contributed by atoms with Crippen LogP contribution in [0.1, 0.15) is 117 Å². The number of piperazine rings is 1. The topological polar surface area (TPSA) is 92.2 Å². The third-order valence-electron chi connectivity index (χ3n) is 11.2. The van der Waals surface area contributed by atoms with Crippen molar-refractivity contribution in [3.05, 3.63) is 66.0 Å². The molecule has 48 heavy (non-hydrogen) atoms. The van der Waals surface area contributed by atoms with Gasteiger partial charge in [0.25, 0.3) is 0 Å². The molecule has 8 nitrogen and oxygen atoms in total. The van der Waals surface area contributed by atoms with Crippen LogP contribution < -0.4 is 0 Å². The van der Waals surface area contributed by atoms with Crippen molar-refractivity contribution in [2.24, 2.45) is 11.8 Å². The number of carbonyl (C=O) groups excluding carboxylic acids is 2. The molecule has 1 N–H and O–H groups in total. The van der Waals surface area contributed by atoms with E-state index in [4.69, 9.17) is 9.47 Å². The zero-order valence-electron chi connectivity index (χ0n) is 29.9. The van der Waals surface area contributed by atoms with Gasteiger partial charge in [-0.1, -0.05) is 76.8 Å². The fourth-order valence-corrected chi connectivity index (χ4v) is 8.26. The number of cyclic esters (lactones) is 1. The van der Waals surface area contributed by atoms with Gasteiger partial charge in [0.2, 0.25) is 0 Å². The van der Waals surface area contributed by atoms with Crippen LogP contribution in [0.25, 0.3) is 0 Å². The minimum Gasteiger partial charge on any atom is -0.457 e. The number of rotatable bonds is 6. The number of ether oxygens (including phenoxy) is 2. The minimum absolute atomic E-state index is 0.00998. The second-order valence-corrected chi connectivity index (χ2v) is 15.4. The molecule has 8 atom stereocenters. The summed E-state index contributed by atoms with van der Waals surface area (Å²) in [6.45, 7) is 11.2. The highest BCUT2D eigenvalue weighted by atomic mass is 16.6. The van der Waals surface area contributed by atoms with Gasteiger partial charge in [-0.3, -0.25) is 14.7 Å². The highest BCUT2D eigenvalue weighted by molar-refractivity contribution is 5.70. The summed E-state index contributed by atoms with van der Waals surface area (Å²) in [6, 6.07) is 7.32. The van der Waals surface area contributed by atoms with Gasteiger partial charge in [-0.15, -0.1) is 0 Å². The first-order valence-corrected chi connectivity index (χ1v) is 18.6. The molecule has 3 fully saturated rings. The van der Waals surface area contributed by atoms with Crippen LogP contribution in [0.4, 0.5) is 4.79 Å². The Hall–Kier alpha value is -2.97. The number of amides is 1. The summed E-state index contributed by atoms with van der Waals surface area (Å²) >= 11 is 0. The molecule has 4 heterocycles. The Bertz CT molecular complexity index is 1290. The molecule has 2 saturated heterocycles. The number of hydrogen-bond acceptors (Lipinski definition) is 7. The lowest BCUT2D eigenvalue weighted by molar-refractivity contribution is -0.150. The Kier molecular flexibility index (Phi) is 12.6. The summed E-state index contributed by atoms with van der Waals surface area (Å²) in [4.78, 5) is 35.9. The van der Waals surface area contributed by atoms with Gasteiger partial charge in [0, 0.05) is 61.4 Å². The third kappa shape index (κ3) is 9.38. The van der Waals surface area contributed by atoms with Crippen LogP contribution in [0, 0.1) is 11.8 Å². The largest absolute Gasteiger partial charge is 0.457 e. The highest BCUT2D eigenvalue weighted by Crippen LogP contribution is 2.37. The quantitative estimate of drug-likeness (QED) is 0.144. The van der Waals surface area contributed by atoms with E-state index >= 15 is 0 Å². The SMILES string of the molecule is C/C(=C\C=C\[C@@H](C)c1ccccn1)[C@H]1OC(=O)C[C@H](C)CC[C@@](C)(O)[C@@H](OC(=O)N2CC3CCC(C2)N3C2CCCCCC2)/C=C/[C@@H]1C. The lowest BCUT2D eigenvalue weighted by Gasteiger charge is -2.45. The number of aromatic nitrogens is 1. The monoisotopic (exact) mass is 661 g/mol. The van der Waals surface area contributed by atoms with Crippen molar-refractivity contribution in [3.8, 4) is 0 Å². The van der Waals surface area contributed by atoms with Gasteiger partial charge in [-0.25, -0.2) is 4.79 Å². The van der Waals surface area contributed by atoms with E-state index < -0.39 is 17.8 Å². The third-order valence-corrected chi connectivity index (χ3v) is 11.2. The van der Waals surface area contributed by atoms with E-state index in [-0.39, 0.29) is 36.2 Å². The van der Waals surface area contributed by atoms with Crippen molar-refractivity contribution in [1.82, 2.24) is 14.8 Å². The summed E-state index contributed by atoms with van der Waals surface area (Å²) < 4.78 is 12.3. The minimum atomic E-state index is -1.28. The summed E-state index contributed by atoms with van der Waals surface area (Å²) in [5.74, 6) is -0.305. The number of fused-ring (bicyclic) bond motifs is 2. The Morgan fingerprint density at radius 1 is 1.04 bits per heavy atom. The van der Waals surface area contributed by atoms with Crippen molar-refractivity contribution >= 4 is 12.1 Å². The van der Waals surface area contributed by atoms with Crippen molar-refractivity contribution in [2.75, 3.05) is 13.1 Å². The molecule has 1 aliphatic carbocycles. The van der Waals surface area contributed by atoms with Gasteiger partial charge in [0.15, 0.2) is 6.10 Å². The molecule has 0 radical (unpaired) electrons. The van der Waals surface area contributed by atoms with Gasteiger partial charge < -0.3 is 19.5 Å². The number of esters is 1. The van der Waals surface area contributed by atoms with Crippen molar-refractivity contribution in [1.29, 1.82) is 0 Å². The molecule has 4 aliphatic rings. The van der Waals surface area contributed by atoms with Gasteiger partial charge >= 0.3 is 12.1 Å². The predicted octanol–water partition coefficient (Wildman–Crippen LogP) is 7.74. The Labute approximate surface area is 288 Å². The fraction of sp³-hybridized carbons (Fsp3) is 0.675. The van der Waals surface area contributed by atoms with Crippen molar-refractivity contribution in [2.45, 2.75) is 147 Å². The number of aliphatic hydroxyl groups is 1. The number of hydrogen-bond donors (Lipinski definition) is 1. The van der Waals surface area contributed by atoms with Crippen LogP contribution in [0.5, 0.6) is 0 Å². The summed E-state index contributed by atoms with van der Waals surface area (Å²) in [6.07, 6.45) is 21.3. The number of pyridine rings is 1. The number of nitrogens with zero attached hydrogens (tertiary/aromatic N) is 3. The first-order chi connectivity index (χ1) is 23.0. The van der Waals surface area contributed by atoms with Crippen LogP contribution in [0.15, 0.2) is 60.3 Å². The highest BCUT2D eigenvalue weighted by Gasteiger charge is 2.45. The lowest BCUT2D eigenvalue weighted by atomic mass is 9.87. The summed E-state index contributed by atoms with van der Waals surface area (Å²) in [5.41, 5.74) is 0.621. The molecule has 1 amide bonds. The van der Waals surface area contributed by atoms with Gasteiger partial charge in [0.05, 0.1) is 0 Å². The molecule has 8 heteroatoms. The lowest BCUT2D eigenvalue weighted by Crippen LogP contribution is -2.59. The summed E-state index contributed by atoms with van der Waals surface area (Å²) in [7, 11) is 0. The smallest absolute Gasteiger partial charge is 0.410 e. The maximum Gasteiger partial charge on any atom is 0.410 e. The van der Waals surface area contributed by atoms with E-state index in [1.165, 1.54) is 38.5 Å². The first-order valence-electron chi connectivity index (χ1n) is 18.6. The molecular weight excluding hydrogens is 602 g/mol. The average molecular weight is 662 g/mol. The second kappa shape index (κ2) is 16.6. The summed E-state index contributed by atoms with van der Waals surface area (Å²) in [5, 5.41) is 11.7. The van der Waals surface area contributed by atoms with Crippen LogP contribution >= 0.6 is 0 Å². The van der Waals surface area contributed by atoms with Crippen LogP contribution in [-0.2, 0) is 14.3 Å². The molecule has 264 valence electrons. The van der Waals surface area contributed by atoms with E-state index in [1.807, 2.05) is 68.2 Å². The molecule has 2 unspecified atom stereocenters. The molecule has 2 bridgehead atoms. The Morgan fingerprint density at radius 2 is 1.75 bits per heavy atom. The molecule has 1 aromatic heterocycles. The Morgan fingerprint density at radius 3 is 2.42 bits per heavy atom. The van der Waals surface area contributed by atoms with Crippen LogP contribution in [0.3, 0.4) is 0 Å². The standard InChI is InChI=1S/C40H59N3O5/c1-28-22-23-40(5,46)36(47-39(45)42-26-33-19-20-34(27-42)43(33)32-15-8-6-7-9-16-32)21-18-31(4)38(48-37(44)25-28)30(3)14-12-13-29(2)35-17-10-11-24-41-35/h10-14,17-18,21,24,28-29,31-34,36,38,46H,6-9,15-16,19-20,22-23,25-27H2,1-5H3/b13-12+,21-18+,30-14+/t28-,29-,31+,33?,34?,36+,38-,40-/m1/s1. The van der Waals surface area contributed by atoms with Gasteiger partial charge in [-0.05, 0) is 82.1 Å².